The molecule has 96 valence electrons. The highest BCUT2D eigenvalue weighted by Crippen LogP contribution is 2.19. The number of nitrogens with two attached hydrogens (primary N) is 1. The maximum atomic E-state index is 8.90. The summed E-state index contributed by atoms with van der Waals surface area (Å²) >= 11 is 0. The van der Waals surface area contributed by atoms with Crippen LogP contribution in [0.3, 0.4) is 0 Å². The number of aliphatic hydroxyl groups excluding tert-OH is 1. The molecule has 1 rings (SSSR count). The Balaban J connectivity index is 2.65. The molecular weight excluding hydrogens is 216 g/mol. The SMILES string of the molecule is COc1ccc(N(CCCN)CCCO)cc1. The zero-order chi connectivity index (χ0) is 12.5. The molecule has 0 atom stereocenters. The molecule has 4 heteroatoms. The highest BCUT2D eigenvalue weighted by atomic mass is 16.5. The van der Waals surface area contributed by atoms with E-state index in [0.717, 1.165) is 37.4 Å². The van der Waals surface area contributed by atoms with Crippen LogP contribution in [-0.2, 0) is 0 Å². The first-order chi connectivity index (χ1) is 8.31. The summed E-state index contributed by atoms with van der Waals surface area (Å²) in [5.41, 5.74) is 6.68. The van der Waals surface area contributed by atoms with Gasteiger partial charge in [0.05, 0.1) is 7.11 Å². The topological polar surface area (TPSA) is 58.7 Å². The minimum absolute atomic E-state index is 0.218. The summed E-state index contributed by atoms with van der Waals surface area (Å²) in [6, 6.07) is 7.97. The van der Waals surface area contributed by atoms with Crippen molar-refractivity contribution in [3.05, 3.63) is 24.3 Å². The van der Waals surface area contributed by atoms with Crippen molar-refractivity contribution in [2.45, 2.75) is 12.8 Å². The van der Waals surface area contributed by atoms with Crippen LogP contribution >= 0.6 is 0 Å². The predicted molar refractivity (Wildman–Crippen MR) is 70.6 cm³/mol. The Hall–Kier alpha value is -1.26. The second-order valence-corrected chi connectivity index (χ2v) is 3.90. The van der Waals surface area contributed by atoms with Crippen molar-refractivity contribution in [1.82, 2.24) is 0 Å². The molecule has 0 spiro atoms. The summed E-state index contributed by atoms with van der Waals surface area (Å²) in [6.07, 6.45) is 1.73. The second-order valence-electron chi connectivity index (χ2n) is 3.90. The van der Waals surface area contributed by atoms with Crippen LogP contribution in [0.15, 0.2) is 24.3 Å². The Kier molecular flexibility index (Phi) is 6.43. The summed E-state index contributed by atoms with van der Waals surface area (Å²) in [4.78, 5) is 2.24. The van der Waals surface area contributed by atoms with Crippen LogP contribution in [0.25, 0.3) is 0 Å². The van der Waals surface area contributed by atoms with Gasteiger partial charge in [0.2, 0.25) is 0 Å². The number of hydrogen-bond donors (Lipinski definition) is 2. The van der Waals surface area contributed by atoms with E-state index < -0.39 is 0 Å². The van der Waals surface area contributed by atoms with Crippen molar-refractivity contribution in [3.63, 3.8) is 0 Å². The first-order valence-electron chi connectivity index (χ1n) is 6.01. The molecule has 0 radical (unpaired) electrons. The molecule has 0 bridgehead atoms. The molecule has 4 nitrogen and oxygen atoms in total. The van der Waals surface area contributed by atoms with Crippen LogP contribution in [0.4, 0.5) is 5.69 Å². The van der Waals surface area contributed by atoms with Gasteiger partial charge >= 0.3 is 0 Å². The van der Waals surface area contributed by atoms with E-state index >= 15 is 0 Å². The van der Waals surface area contributed by atoms with Gasteiger partial charge in [0.15, 0.2) is 0 Å². The zero-order valence-corrected chi connectivity index (χ0v) is 10.4. The van der Waals surface area contributed by atoms with E-state index in [9.17, 15) is 0 Å². The molecular formula is C13H22N2O2. The Morgan fingerprint density at radius 2 is 1.82 bits per heavy atom. The fourth-order valence-corrected chi connectivity index (χ4v) is 1.71. The first kappa shape index (κ1) is 13.8. The molecule has 0 saturated carbocycles. The maximum Gasteiger partial charge on any atom is 0.119 e. The molecule has 1 aromatic rings. The number of benzene rings is 1. The van der Waals surface area contributed by atoms with E-state index in [1.165, 1.54) is 0 Å². The van der Waals surface area contributed by atoms with Gasteiger partial charge in [-0.1, -0.05) is 0 Å². The quantitative estimate of drug-likeness (QED) is 0.715. The van der Waals surface area contributed by atoms with Gasteiger partial charge < -0.3 is 20.5 Å². The van der Waals surface area contributed by atoms with E-state index in [1.807, 2.05) is 24.3 Å². The van der Waals surface area contributed by atoms with Gasteiger partial charge in [-0.2, -0.15) is 0 Å². The number of ether oxygens (including phenoxy) is 1. The largest absolute Gasteiger partial charge is 0.497 e. The molecule has 0 amide bonds. The van der Waals surface area contributed by atoms with Crippen molar-refractivity contribution in [2.75, 3.05) is 38.3 Å². The summed E-state index contributed by atoms with van der Waals surface area (Å²) in [5, 5.41) is 8.90. The molecule has 0 aromatic heterocycles. The molecule has 3 N–H and O–H groups in total. The highest BCUT2D eigenvalue weighted by molar-refractivity contribution is 5.49. The fourth-order valence-electron chi connectivity index (χ4n) is 1.71. The smallest absolute Gasteiger partial charge is 0.119 e. The third-order valence-electron chi connectivity index (χ3n) is 2.66. The molecule has 0 aliphatic rings. The summed E-state index contributed by atoms with van der Waals surface area (Å²) in [5.74, 6) is 0.856. The average Bonchev–Trinajstić information content (AvgIpc) is 2.39. The van der Waals surface area contributed by atoms with Crippen molar-refractivity contribution < 1.29 is 9.84 Å². The minimum atomic E-state index is 0.218. The second kappa shape index (κ2) is 7.92. The van der Waals surface area contributed by atoms with Crippen molar-refractivity contribution in [3.8, 4) is 5.75 Å². The van der Waals surface area contributed by atoms with Gasteiger partial charge in [0, 0.05) is 25.4 Å². The standard InChI is InChI=1S/C13H22N2O2/c1-17-13-6-4-12(5-7-13)15(9-2-8-14)10-3-11-16/h4-7,16H,2-3,8-11,14H2,1H3. The van der Waals surface area contributed by atoms with Crippen molar-refractivity contribution in [2.24, 2.45) is 5.73 Å². The lowest BCUT2D eigenvalue weighted by molar-refractivity contribution is 0.289. The zero-order valence-electron chi connectivity index (χ0n) is 10.4. The van der Waals surface area contributed by atoms with Gasteiger partial charge in [-0.25, -0.2) is 0 Å². The third-order valence-corrected chi connectivity index (χ3v) is 2.66. The fraction of sp³-hybridized carbons (Fsp3) is 0.538. The minimum Gasteiger partial charge on any atom is -0.497 e. The van der Waals surface area contributed by atoms with Gasteiger partial charge in [-0.3, -0.25) is 0 Å². The number of anilines is 1. The lowest BCUT2D eigenvalue weighted by Gasteiger charge is -2.24. The van der Waals surface area contributed by atoms with E-state index in [-0.39, 0.29) is 6.61 Å². The third kappa shape index (κ3) is 4.63. The van der Waals surface area contributed by atoms with Crippen LogP contribution in [0, 0.1) is 0 Å². The molecule has 0 heterocycles. The normalized spacial score (nSPS) is 10.3. The van der Waals surface area contributed by atoms with Crippen LogP contribution in [0.2, 0.25) is 0 Å². The van der Waals surface area contributed by atoms with Crippen LogP contribution in [0.5, 0.6) is 5.75 Å². The van der Waals surface area contributed by atoms with Crippen molar-refractivity contribution in [1.29, 1.82) is 0 Å². The van der Waals surface area contributed by atoms with Crippen LogP contribution < -0.4 is 15.4 Å². The summed E-state index contributed by atoms with van der Waals surface area (Å²) in [7, 11) is 1.66. The predicted octanol–water partition coefficient (Wildman–Crippen LogP) is 1.23. The van der Waals surface area contributed by atoms with Gasteiger partial charge in [-0.05, 0) is 43.7 Å². The monoisotopic (exact) mass is 238 g/mol. The summed E-state index contributed by atoms with van der Waals surface area (Å²) in [6.45, 7) is 2.67. The first-order valence-corrected chi connectivity index (χ1v) is 6.01. The van der Waals surface area contributed by atoms with Crippen molar-refractivity contribution >= 4 is 5.69 Å². The number of hydrogen-bond acceptors (Lipinski definition) is 4. The van der Waals surface area contributed by atoms with E-state index in [2.05, 4.69) is 4.90 Å². The number of rotatable bonds is 8. The molecule has 0 fully saturated rings. The lowest BCUT2D eigenvalue weighted by atomic mass is 10.2. The molecule has 0 aliphatic heterocycles. The van der Waals surface area contributed by atoms with E-state index in [4.69, 9.17) is 15.6 Å². The summed E-state index contributed by atoms with van der Waals surface area (Å²) < 4.78 is 5.13. The maximum absolute atomic E-state index is 8.90. The molecule has 1 aromatic carbocycles. The van der Waals surface area contributed by atoms with Crippen LogP contribution in [-0.4, -0.2) is 38.5 Å². The average molecular weight is 238 g/mol. The van der Waals surface area contributed by atoms with Gasteiger partial charge in [0.1, 0.15) is 5.75 Å². The molecule has 0 aliphatic carbocycles. The van der Waals surface area contributed by atoms with E-state index in [0.29, 0.717) is 6.54 Å². The Morgan fingerprint density at radius 1 is 1.18 bits per heavy atom. The van der Waals surface area contributed by atoms with E-state index in [1.54, 1.807) is 7.11 Å². The highest BCUT2D eigenvalue weighted by Gasteiger charge is 2.05. The molecule has 0 unspecified atom stereocenters. The van der Waals surface area contributed by atoms with Gasteiger partial charge in [-0.15, -0.1) is 0 Å². The lowest BCUT2D eigenvalue weighted by Crippen LogP contribution is -2.27. The Morgan fingerprint density at radius 3 is 2.35 bits per heavy atom. The number of methoxy groups -OCH3 is 1. The molecule has 0 saturated heterocycles. The van der Waals surface area contributed by atoms with Crippen LogP contribution in [0.1, 0.15) is 12.8 Å². The van der Waals surface area contributed by atoms with Gasteiger partial charge in [0.25, 0.3) is 0 Å². The Bertz CT molecular complexity index is 293. The number of nitrogens with zero attached hydrogens (tertiary/aromatic N) is 1. The number of aliphatic hydroxyl groups is 1. The Labute approximate surface area is 103 Å². The molecule has 17 heavy (non-hydrogen) atoms.